The number of rotatable bonds is 8. The lowest BCUT2D eigenvalue weighted by molar-refractivity contribution is 0.0730. The van der Waals surface area contributed by atoms with Crippen LogP contribution in [0.2, 0.25) is 0 Å². The quantitative estimate of drug-likeness (QED) is 0.673. The Morgan fingerprint density at radius 2 is 2.07 bits per heavy atom. The van der Waals surface area contributed by atoms with Gasteiger partial charge in [-0.1, -0.05) is 19.8 Å². The van der Waals surface area contributed by atoms with Gasteiger partial charge in [-0.3, -0.25) is 9.69 Å². The van der Waals surface area contributed by atoms with E-state index in [1.807, 2.05) is 0 Å². The van der Waals surface area contributed by atoms with Crippen LogP contribution in [0.4, 0.5) is 0 Å². The van der Waals surface area contributed by atoms with Crippen molar-refractivity contribution in [3.8, 4) is 0 Å². The SMILES string of the molecule is CCCCN1CCCCC1CNC(=O)c1cc(S(=O)(=O)N2CCOCC2)c[nH]1. The minimum atomic E-state index is -3.60. The number of hydrogen-bond acceptors (Lipinski definition) is 5. The molecule has 2 saturated heterocycles. The maximum absolute atomic E-state index is 12.7. The average molecular weight is 413 g/mol. The number of piperidine rings is 1. The number of carbonyl (C=O) groups excluding carboxylic acids is 1. The Hall–Kier alpha value is -1.42. The largest absolute Gasteiger partial charge is 0.379 e. The highest BCUT2D eigenvalue weighted by Crippen LogP contribution is 2.19. The molecule has 2 fully saturated rings. The first-order valence-corrected chi connectivity index (χ1v) is 11.7. The van der Waals surface area contributed by atoms with Gasteiger partial charge in [-0.15, -0.1) is 0 Å². The van der Waals surface area contributed by atoms with Gasteiger partial charge in [0.2, 0.25) is 10.0 Å². The normalized spacial score (nSPS) is 22.2. The number of hydrogen-bond donors (Lipinski definition) is 2. The highest BCUT2D eigenvalue weighted by atomic mass is 32.2. The molecule has 8 nitrogen and oxygen atoms in total. The Morgan fingerprint density at radius 3 is 2.82 bits per heavy atom. The average Bonchev–Trinajstić information content (AvgIpc) is 3.23. The van der Waals surface area contributed by atoms with E-state index in [0.29, 0.717) is 38.9 Å². The molecule has 1 aromatic rings. The Kier molecular flexibility index (Phi) is 7.50. The molecule has 1 unspecified atom stereocenters. The number of amides is 1. The molecule has 3 rings (SSSR count). The summed E-state index contributed by atoms with van der Waals surface area (Å²) in [6.45, 7) is 6.41. The molecule has 0 aliphatic carbocycles. The molecule has 2 aliphatic heterocycles. The second kappa shape index (κ2) is 9.87. The van der Waals surface area contributed by atoms with E-state index in [4.69, 9.17) is 4.74 Å². The summed E-state index contributed by atoms with van der Waals surface area (Å²) in [5, 5.41) is 2.98. The number of aromatic amines is 1. The van der Waals surface area contributed by atoms with Gasteiger partial charge in [0.25, 0.3) is 5.91 Å². The number of ether oxygens (including phenoxy) is 1. The molecule has 0 bridgehead atoms. The van der Waals surface area contributed by atoms with E-state index in [9.17, 15) is 13.2 Å². The van der Waals surface area contributed by atoms with Gasteiger partial charge < -0.3 is 15.0 Å². The van der Waals surface area contributed by atoms with Gasteiger partial charge in [0.05, 0.1) is 13.2 Å². The summed E-state index contributed by atoms with van der Waals surface area (Å²) in [5.41, 5.74) is 0.280. The van der Waals surface area contributed by atoms with E-state index >= 15 is 0 Å². The van der Waals surface area contributed by atoms with Gasteiger partial charge >= 0.3 is 0 Å². The van der Waals surface area contributed by atoms with Crippen molar-refractivity contribution in [2.75, 3.05) is 45.9 Å². The smallest absolute Gasteiger partial charge is 0.267 e. The van der Waals surface area contributed by atoms with Crippen LogP contribution in [0, 0.1) is 0 Å². The summed E-state index contributed by atoms with van der Waals surface area (Å²) in [6, 6.07) is 1.78. The summed E-state index contributed by atoms with van der Waals surface area (Å²) in [6.07, 6.45) is 7.22. The van der Waals surface area contributed by atoms with Gasteiger partial charge in [-0.05, 0) is 38.4 Å². The summed E-state index contributed by atoms with van der Waals surface area (Å²) < 4.78 is 32.0. The zero-order valence-electron chi connectivity index (χ0n) is 16.7. The van der Waals surface area contributed by atoms with Crippen molar-refractivity contribution in [1.29, 1.82) is 0 Å². The fourth-order valence-corrected chi connectivity index (χ4v) is 5.25. The maximum atomic E-state index is 12.7. The third kappa shape index (κ3) is 5.14. The summed E-state index contributed by atoms with van der Waals surface area (Å²) in [5.74, 6) is -0.260. The molecule has 2 aliphatic rings. The van der Waals surface area contributed by atoms with Crippen molar-refractivity contribution in [2.45, 2.75) is 50.0 Å². The first kappa shape index (κ1) is 21.3. The minimum absolute atomic E-state index is 0.127. The minimum Gasteiger partial charge on any atom is -0.379 e. The highest BCUT2D eigenvalue weighted by molar-refractivity contribution is 7.89. The molecular formula is C19H32N4O4S. The van der Waals surface area contributed by atoms with E-state index < -0.39 is 10.0 Å². The molecule has 0 radical (unpaired) electrons. The molecule has 1 amide bonds. The predicted molar refractivity (Wildman–Crippen MR) is 107 cm³/mol. The molecule has 28 heavy (non-hydrogen) atoms. The number of nitrogens with one attached hydrogen (secondary N) is 2. The number of aromatic nitrogens is 1. The van der Waals surface area contributed by atoms with Gasteiger partial charge in [-0.25, -0.2) is 8.42 Å². The Labute approximate surface area is 167 Å². The number of nitrogens with zero attached hydrogens (tertiary/aromatic N) is 2. The van der Waals surface area contributed by atoms with Crippen molar-refractivity contribution in [3.63, 3.8) is 0 Å². The van der Waals surface area contributed by atoms with Gasteiger partial charge in [0, 0.05) is 31.9 Å². The topological polar surface area (TPSA) is 94.7 Å². The van der Waals surface area contributed by atoms with Crippen molar-refractivity contribution in [2.24, 2.45) is 0 Å². The van der Waals surface area contributed by atoms with Gasteiger partial charge in [0.1, 0.15) is 10.6 Å². The van der Waals surface area contributed by atoms with Crippen molar-refractivity contribution >= 4 is 15.9 Å². The van der Waals surface area contributed by atoms with E-state index in [2.05, 4.69) is 22.1 Å². The molecule has 0 spiro atoms. The van der Waals surface area contributed by atoms with E-state index in [-0.39, 0.29) is 16.5 Å². The van der Waals surface area contributed by atoms with Crippen LogP contribution in [-0.2, 0) is 14.8 Å². The zero-order valence-corrected chi connectivity index (χ0v) is 17.5. The molecule has 2 N–H and O–H groups in total. The van der Waals surface area contributed by atoms with Crippen LogP contribution in [0.5, 0.6) is 0 Å². The lowest BCUT2D eigenvalue weighted by atomic mass is 10.0. The standard InChI is InChI=1S/C19H32N4O4S/c1-2-3-7-22-8-5-4-6-16(22)14-21-19(24)18-13-17(15-20-18)28(25,26)23-9-11-27-12-10-23/h13,15-16,20H,2-12,14H2,1H3,(H,21,24). The fourth-order valence-electron chi connectivity index (χ4n) is 3.84. The second-order valence-electron chi connectivity index (χ2n) is 7.51. The maximum Gasteiger partial charge on any atom is 0.267 e. The molecule has 158 valence electrons. The zero-order chi connectivity index (χ0) is 20.0. The van der Waals surface area contributed by atoms with Crippen LogP contribution in [0.15, 0.2) is 17.2 Å². The number of sulfonamides is 1. The van der Waals surface area contributed by atoms with Gasteiger partial charge in [-0.2, -0.15) is 4.31 Å². The molecule has 3 heterocycles. The second-order valence-corrected chi connectivity index (χ2v) is 9.45. The van der Waals surface area contributed by atoms with Gasteiger partial charge in [0.15, 0.2) is 0 Å². The summed E-state index contributed by atoms with van der Waals surface area (Å²) in [7, 11) is -3.60. The molecule has 0 aromatic carbocycles. The first-order valence-electron chi connectivity index (χ1n) is 10.3. The molecule has 1 aromatic heterocycles. The number of morpholine rings is 1. The Morgan fingerprint density at radius 1 is 1.29 bits per heavy atom. The molecule has 0 saturated carbocycles. The van der Waals surface area contributed by atoms with Crippen LogP contribution >= 0.6 is 0 Å². The summed E-state index contributed by atoms with van der Waals surface area (Å²) in [4.78, 5) is 18.0. The fraction of sp³-hybridized carbons (Fsp3) is 0.737. The number of carbonyl (C=O) groups is 1. The first-order chi connectivity index (χ1) is 13.5. The molecule has 9 heteroatoms. The summed E-state index contributed by atoms with van der Waals surface area (Å²) >= 11 is 0. The Balaban J connectivity index is 1.57. The van der Waals surface area contributed by atoms with Crippen molar-refractivity contribution in [3.05, 3.63) is 18.0 Å². The Bertz CT molecular complexity index is 743. The lowest BCUT2D eigenvalue weighted by Crippen LogP contribution is -2.47. The predicted octanol–water partition coefficient (Wildman–Crippen LogP) is 1.42. The van der Waals surface area contributed by atoms with Crippen LogP contribution in [0.3, 0.4) is 0 Å². The molecular weight excluding hydrogens is 380 g/mol. The lowest BCUT2D eigenvalue weighted by Gasteiger charge is -2.35. The monoisotopic (exact) mass is 412 g/mol. The highest BCUT2D eigenvalue weighted by Gasteiger charge is 2.28. The van der Waals surface area contributed by atoms with Crippen molar-refractivity contribution in [1.82, 2.24) is 19.5 Å². The van der Waals surface area contributed by atoms with Crippen LogP contribution in [0.1, 0.15) is 49.5 Å². The van der Waals surface area contributed by atoms with Crippen LogP contribution < -0.4 is 5.32 Å². The molecule has 1 atom stereocenters. The number of unbranched alkanes of at least 4 members (excludes halogenated alkanes) is 1. The van der Waals surface area contributed by atoms with E-state index in [0.717, 1.165) is 19.5 Å². The third-order valence-corrected chi connectivity index (χ3v) is 7.43. The number of likely N-dealkylation sites (tertiary alicyclic amines) is 1. The third-order valence-electron chi connectivity index (χ3n) is 5.56. The van der Waals surface area contributed by atoms with E-state index in [1.54, 1.807) is 0 Å². The number of H-pyrrole nitrogens is 1. The van der Waals surface area contributed by atoms with Crippen LogP contribution in [-0.4, -0.2) is 80.5 Å². The van der Waals surface area contributed by atoms with Crippen molar-refractivity contribution < 1.29 is 17.9 Å². The van der Waals surface area contributed by atoms with Crippen LogP contribution in [0.25, 0.3) is 0 Å². The van der Waals surface area contributed by atoms with E-state index in [1.165, 1.54) is 42.3 Å².